The van der Waals surface area contributed by atoms with Gasteiger partial charge in [0.25, 0.3) is 5.91 Å². The Balaban J connectivity index is 1.43. The van der Waals surface area contributed by atoms with E-state index in [0.717, 1.165) is 10.0 Å². The average molecular weight is 427 g/mol. The molecular weight excluding hydrogens is 408 g/mol. The van der Waals surface area contributed by atoms with Crippen molar-refractivity contribution < 1.29 is 4.79 Å². The van der Waals surface area contributed by atoms with E-state index in [9.17, 15) is 4.79 Å². The van der Waals surface area contributed by atoms with Crippen molar-refractivity contribution in [3.8, 4) is 0 Å². The number of aromatic nitrogens is 3. The lowest BCUT2D eigenvalue weighted by molar-refractivity contribution is 0.0955. The monoisotopic (exact) mass is 426 g/mol. The van der Waals surface area contributed by atoms with Crippen LogP contribution in [0.4, 0.5) is 17.5 Å². The molecule has 2 heterocycles. The van der Waals surface area contributed by atoms with Gasteiger partial charge in [0.05, 0.1) is 0 Å². The minimum atomic E-state index is -0.116. The second-order valence-corrected chi connectivity index (χ2v) is 6.76. The highest BCUT2D eigenvalue weighted by Crippen LogP contribution is 2.13. The minimum Gasteiger partial charge on any atom is -0.367 e. The van der Waals surface area contributed by atoms with Crippen LogP contribution in [0.15, 0.2) is 59.2 Å². The Morgan fingerprint density at radius 2 is 1.78 bits per heavy atom. The Bertz CT molecular complexity index is 899. The molecule has 0 saturated heterocycles. The predicted octanol–water partition coefficient (Wildman–Crippen LogP) is 3.53. The van der Waals surface area contributed by atoms with Crippen LogP contribution in [0.25, 0.3) is 0 Å². The fourth-order valence-electron chi connectivity index (χ4n) is 2.26. The lowest BCUT2D eigenvalue weighted by Gasteiger charge is -2.08. The number of anilines is 3. The van der Waals surface area contributed by atoms with Gasteiger partial charge in [0.15, 0.2) is 5.82 Å². The van der Waals surface area contributed by atoms with Gasteiger partial charge in [0.2, 0.25) is 0 Å². The van der Waals surface area contributed by atoms with E-state index in [2.05, 4.69) is 47.1 Å². The Morgan fingerprint density at radius 1 is 1.00 bits per heavy atom. The molecule has 3 rings (SSSR count). The first kappa shape index (κ1) is 18.8. The molecule has 0 fully saturated rings. The van der Waals surface area contributed by atoms with Gasteiger partial charge in [-0.05, 0) is 48.9 Å². The van der Waals surface area contributed by atoms with Gasteiger partial charge in [-0.15, -0.1) is 10.2 Å². The van der Waals surface area contributed by atoms with Crippen molar-refractivity contribution in [2.75, 3.05) is 23.7 Å². The van der Waals surface area contributed by atoms with Crippen molar-refractivity contribution in [2.24, 2.45) is 0 Å². The van der Waals surface area contributed by atoms with Crippen LogP contribution >= 0.6 is 15.9 Å². The molecule has 0 unspecified atom stereocenters. The van der Waals surface area contributed by atoms with Gasteiger partial charge in [-0.2, -0.15) is 0 Å². The molecule has 1 amide bonds. The molecule has 0 spiro atoms. The molecule has 0 aliphatic rings. The summed E-state index contributed by atoms with van der Waals surface area (Å²) in [6.07, 6.45) is 1.79. The third-order valence-corrected chi connectivity index (χ3v) is 4.13. The van der Waals surface area contributed by atoms with Crippen molar-refractivity contribution in [1.29, 1.82) is 0 Å². The zero-order valence-corrected chi connectivity index (χ0v) is 16.3. The van der Waals surface area contributed by atoms with Crippen LogP contribution in [-0.2, 0) is 0 Å². The highest BCUT2D eigenvalue weighted by Gasteiger charge is 2.05. The van der Waals surface area contributed by atoms with Gasteiger partial charge >= 0.3 is 0 Å². The Kier molecular flexibility index (Phi) is 6.32. The number of nitrogens with one attached hydrogen (secondary N) is 3. The average Bonchev–Trinajstić information content (AvgIpc) is 2.68. The van der Waals surface area contributed by atoms with Gasteiger partial charge in [-0.1, -0.05) is 28.1 Å². The molecule has 138 valence electrons. The van der Waals surface area contributed by atoms with E-state index in [0.29, 0.717) is 36.1 Å². The van der Waals surface area contributed by atoms with Crippen molar-refractivity contribution in [3.05, 3.63) is 70.3 Å². The van der Waals surface area contributed by atoms with E-state index in [1.54, 1.807) is 18.3 Å². The van der Waals surface area contributed by atoms with E-state index < -0.39 is 0 Å². The first-order valence-corrected chi connectivity index (χ1v) is 9.20. The minimum absolute atomic E-state index is 0.116. The summed E-state index contributed by atoms with van der Waals surface area (Å²) in [5.41, 5.74) is 1.71. The number of aryl methyl sites for hydroxylation is 1. The van der Waals surface area contributed by atoms with Gasteiger partial charge in [0, 0.05) is 29.3 Å². The molecule has 0 atom stereocenters. The van der Waals surface area contributed by atoms with Crippen LogP contribution in [-0.4, -0.2) is 34.2 Å². The molecule has 8 heteroatoms. The summed E-state index contributed by atoms with van der Waals surface area (Å²) < 4.78 is 0.873. The third kappa shape index (κ3) is 5.75. The number of carbonyl (C=O) groups is 1. The molecule has 1 aromatic carbocycles. The number of carbonyl (C=O) groups excluding carboxylic acids is 1. The number of amides is 1. The molecule has 7 nitrogen and oxygen atoms in total. The van der Waals surface area contributed by atoms with Crippen molar-refractivity contribution in [3.63, 3.8) is 0 Å². The largest absolute Gasteiger partial charge is 0.367 e. The molecule has 0 bridgehead atoms. The van der Waals surface area contributed by atoms with Crippen LogP contribution in [0, 0.1) is 6.92 Å². The molecule has 0 saturated carbocycles. The van der Waals surface area contributed by atoms with E-state index in [1.165, 1.54) is 0 Å². The van der Waals surface area contributed by atoms with E-state index in [4.69, 9.17) is 0 Å². The fraction of sp³-hybridized carbons (Fsp3) is 0.158. The number of pyridine rings is 1. The van der Waals surface area contributed by atoms with Crippen LogP contribution < -0.4 is 16.0 Å². The second-order valence-electron chi connectivity index (χ2n) is 5.84. The summed E-state index contributed by atoms with van der Waals surface area (Å²) in [5, 5.41) is 17.3. The van der Waals surface area contributed by atoms with Crippen molar-refractivity contribution >= 4 is 39.3 Å². The molecule has 27 heavy (non-hydrogen) atoms. The number of rotatable bonds is 7. The van der Waals surface area contributed by atoms with Crippen molar-refractivity contribution in [1.82, 2.24) is 20.5 Å². The quantitative estimate of drug-likeness (QED) is 0.500. The maximum Gasteiger partial charge on any atom is 0.251 e. The molecule has 0 aliphatic carbocycles. The molecular formula is C19H19BrN6O. The second kappa shape index (κ2) is 9.09. The standard InChI is InChI=1S/C19H19BrN6O/c1-13-5-6-16(23-12-13)24-18-8-7-17(25-26-18)21-9-10-22-19(27)14-3-2-4-15(20)11-14/h2-8,11-12H,9-10H2,1H3,(H,21,25)(H,22,27)(H,23,24,26). The zero-order valence-electron chi connectivity index (χ0n) is 14.7. The SMILES string of the molecule is Cc1ccc(Nc2ccc(NCCNC(=O)c3cccc(Br)c3)nn2)nc1. The molecule has 3 N–H and O–H groups in total. The first-order chi connectivity index (χ1) is 13.1. The summed E-state index contributed by atoms with van der Waals surface area (Å²) in [5.74, 6) is 1.84. The van der Waals surface area contributed by atoms with E-state index in [1.807, 2.05) is 43.3 Å². The normalized spacial score (nSPS) is 10.3. The maximum absolute atomic E-state index is 12.0. The number of benzene rings is 1. The Hall–Kier alpha value is -3.00. The number of hydrogen-bond acceptors (Lipinski definition) is 6. The predicted molar refractivity (Wildman–Crippen MR) is 109 cm³/mol. The number of halogens is 1. The number of hydrogen-bond donors (Lipinski definition) is 3. The molecule has 2 aromatic heterocycles. The summed E-state index contributed by atoms with van der Waals surface area (Å²) in [4.78, 5) is 16.3. The van der Waals surface area contributed by atoms with Crippen LogP contribution in [0.3, 0.4) is 0 Å². The lowest BCUT2D eigenvalue weighted by atomic mass is 10.2. The Morgan fingerprint density at radius 3 is 2.48 bits per heavy atom. The number of nitrogens with zero attached hydrogens (tertiary/aromatic N) is 3. The van der Waals surface area contributed by atoms with Gasteiger partial charge in [0.1, 0.15) is 11.6 Å². The topological polar surface area (TPSA) is 91.8 Å². The third-order valence-electron chi connectivity index (χ3n) is 3.64. The van der Waals surface area contributed by atoms with Gasteiger partial charge in [-0.3, -0.25) is 4.79 Å². The van der Waals surface area contributed by atoms with Gasteiger partial charge in [-0.25, -0.2) is 4.98 Å². The van der Waals surface area contributed by atoms with Crippen LogP contribution in [0.1, 0.15) is 15.9 Å². The Labute approximate surface area is 165 Å². The summed E-state index contributed by atoms with van der Waals surface area (Å²) in [7, 11) is 0. The zero-order chi connectivity index (χ0) is 19.1. The van der Waals surface area contributed by atoms with Crippen molar-refractivity contribution in [2.45, 2.75) is 6.92 Å². The molecule has 0 radical (unpaired) electrons. The summed E-state index contributed by atoms with van der Waals surface area (Å²) in [6.45, 7) is 3.00. The molecule has 3 aromatic rings. The summed E-state index contributed by atoms with van der Waals surface area (Å²) >= 11 is 3.36. The van der Waals surface area contributed by atoms with Gasteiger partial charge < -0.3 is 16.0 Å². The first-order valence-electron chi connectivity index (χ1n) is 8.41. The fourth-order valence-corrected chi connectivity index (χ4v) is 2.66. The highest BCUT2D eigenvalue weighted by atomic mass is 79.9. The van der Waals surface area contributed by atoms with Crippen LogP contribution in [0.5, 0.6) is 0 Å². The smallest absolute Gasteiger partial charge is 0.251 e. The summed E-state index contributed by atoms with van der Waals surface area (Å²) in [6, 6.07) is 14.8. The van der Waals surface area contributed by atoms with Crippen LogP contribution in [0.2, 0.25) is 0 Å². The van der Waals surface area contributed by atoms with E-state index in [-0.39, 0.29) is 5.91 Å². The van der Waals surface area contributed by atoms with E-state index >= 15 is 0 Å². The maximum atomic E-state index is 12.0. The highest BCUT2D eigenvalue weighted by molar-refractivity contribution is 9.10. The molecule has 0 aliphatic heterocycles. The lowest BCUT2D eigenvalue weighted by Crippen LogP contribution is -2.28.